The van der Waals surface area contributed by atoms with Crippen LogP contribution < -0.4 is 5.32 Å². The van der Waals surface area contributed by atoms with Gasteiger partial charge in [0.15, 0.2) is 0 Å². The molecule has 1 unspecified atom stereocenters. The average Bonchev–Trinajstić information content (AvgIpc) is 3.34. The molecule has 2 aromatic carbocycles. The fourth-order valence-electron chi connectivity index (χ4n) is 3.92. The Morgan fingerprint density at radius 1 is 1.09 bits per heavy atom. The van der Waals surface area contributed by atoms with Crippen molar-refractivity contribution in [3.05, 3.63) is 71.6 Å². The van der Waals surface area contributed by atoms with Crippen molar-refractivity contribution in [1.82, 2.24) is 20.4 Å². The maximum atomic E-state index is 13.0. The lowest BCUT2D eigenvalue weighted by Gasteiger charge is -2.23. The third kappa shape index (κ3) is 5.63. The number of carbonyl (C=O) groups excluding carboxylic acids is 2. The summed E-state index contributed by atoms with van der Waals surface area (Å²) in [7, 11) is 0. The van der Waals surface area contributed by atoms with Crippen LogP contribution in [-0.4, -0.2) is 46.5 Å². The molecule has 33 heavy (non-hydrogen) atoms. The van der Waals surface area contributed by atoms with Gasteiger partial charge in [0.05, 0.1) is 11.6 Å². The second kappa shape index (κ2) is 10.6. The van der Waals surface area contributed by atoms with Gasteiger partial charge in [-0.1, -0.05) is 35.5 Å². The molecular weight excluding hydrogens is 418 g/mol. The Morgan fingerprint density at radius 2 is 1.88 bits per heavy atom. The lowest BCUT2D eigenvalue weighted by molar-refractivity contribution is -0.121. The van der Waals surface area contributed by atoms with E-state index in [0.717, 1.165) is 18.4 Å². The van der Waals surface area contributed by atoms with Gasteiger partial charge in [-0.3, -0.25) is 9.59 Å². The van der Waals surface area contributed by atoms with Crippen LogP contribution in [-0.2, 0) is 4.79 Å². The van der Waals surface area contributed by atoms with E-state index >= 15 is 0 Å². The summed E-state index contributed by atoms with van der Waals surface area (Å²) in [6.07, 6.45) is 2.42. The van der Waals surface area contributed by atoms with E-state index in [1.54, 1.807) is 29.2 Å². The normalized spacial score (nSPS) is 17.5. The first-order valence-corrected chi connectivity index (χ1v) is 11.1. The molecule has 2 amide bonds. The molecule has 8 heteroatoms. The Morgan fingerprint density at radius 3 is 2.64 bits per heavy atom. The van der Waals surface area contributed by atoms with E-state index in [0.29, 0.717) is 48.9 Å². The summed E-state index contributed by atoms with van der Waals surface area (Å²) in [4.78, 5) is 31.6. The largest absolute Gasteiger partial charge is 0.356 e. The standard InChI is InChI=1S/C25H25N5O3/c26-17-18-8-10-21(11-9-18)25(32)30-15-4-7-20(12-14-27-22(31)13-16-30)24-28-23(29-33-24)19-5-2-1-3-6-19/h1-3,5-6,8-11,20H,4,7,12-16H2,(H,27,31). The van der Waals surface area contributed by atoms with E-state index in [1.807, 2.05) is 30.3 Å². The lowest BCUT2D eigenvalue weighted by Crippen LogP contribution is -2.35. The molecule has 3 aromatic rings. The third-order valence-electron chi connectivity index (χ3n) is 5.78. The number of carbonyl (C=O) groups is 2. The highest BCUT2D eigenvalue weighted by Gasteiger charge is 2.23. The van der Waals surface area contributed by atoms with Crippen LogP contribution in [0.15, 0.2) is 59.1 Å². The molecule has 4 rings (SSSR count). The van der Waals surface area contributed by atoms with E-state index in [1.165, 1.54) is 0 Å². The van der Waals surface area contributed by atoms with Crippen LogP contribution in [0.2, 0.25) is 0 Å². The number of hydrogen-bond donors (Lipinski definition) is 1. The summed E-state index contributed by atoms with van der Waals surface area (Å²) in [5.41, 5.74) is 1.89. The highest BCUT2D eigenvalue weighted by atomic mass is 16.5. The fourth-order valence-corrected chi connectivity index (χ4v) is 3.92. The van der Waals surface area contributed by atoms with Crippen molar-refractivity contribution in [2.45, 2.75) is 31.6 Å². The number of benzene rings is 2. The van der Waals surface area contributed by atoms with E-state index < -0.39 is 0 Å². The van der Waals surface area contributed by atoms with Crippen LogP contribution in [0.4, 0.5) is 0 Å². The number of nitriles is 1. The Balaban J connectivity index is 1.47. The number of amides is 2. The fraction of sp³-hybridized carbons (Fsp3) is 0.320. The molecule has 168 valence electrons. The van der Waals surface area contributed by atoms with Gasteiger partial charge in [0, 0.05) is 43.1 Å². The van der Waals surface area contributed by atoms with Gasteiger partial charge in [-0.05, 0) is 43.5 Å². The van der Waals surface area contributed by atoms with Crippen LogP contribution in [0.5, 0.6) is 0 Å². The molecule has 0 aliphatic carbocycles. The molecule has 0 radical (unpaired) electrons. The Bertz CT molecular complexity index is 1130. The predicted octanol–water partition coefficient (Wildman–Crippen LogP) is 3.52. The van der Waals surface area contributed by atoms with Crippen molar-refractivity contribution in [2.75, 3.05) is 19.6 Å². The smallest absolute Gasteiger partial charge is 0.253 e. The van der Waals surface area contributed by atoms with Crippen molar-refractivity contribution >= 4 is 11.8 Å². The van der Waals surface area contributed by atoms with Gasteiger partial charge in [-0.25, -0.2) is 0 Å². The average molecular weight is 444 g/mol. The number of nitrogens with one attached hydrogen (secondary N) is 1. The van der Waals surface area contributed by atoms with E-state index in [9.17, 15) is 9.59 Å². The van der Waals surface area contributed by atoms with E-state index in [2.05, 4.69) is 21.5 Å². The minimum Gasteiger partial charge on any atom is -0.356 e. The van der Waals surface area contributed by atoms with Crippen molar-refractivity contribution in [2.24, 2.45) is 0 Å². The molecule has 0 saturated carbocycles. The number of rotatable bonds is 3. The van der Waals surface area contributed by atoms with Crippen LogP contribution in [0.1, 0.15) is 53.4 Å². The zero-order valence-electron chi connectivity index (χ0n) is 18.2. The third-order valence-corrected chi connectivity index (χ3v) is 5.78. The van der Waals surface area contributed by atoms with Crippen LogP contribution in [0, 0.1) is 11.3 Å². The molecule has 0 spiro atoms. The lowest BCUT2D eigenvalue weighted by atomic mass is 9.99. The molecule has 1 saturated heterocycles. The molecule has 1 N–H and O–H groups in total. The SMILES string of the molecule is N#Cc1ccc(C(=O)N2CCCC(c3nc(-c4ccccc4)no3)CCNC(=O)CC2)cc1. The summed E-state index contributed by atoms with van der Waals surface area (Å²) in [6, 6.07) is 18.3. The Hall–Kier alpha value is -3.99. The molecule has 2 heterocycles. The summed E-state index contributed by atoms with van der Waals surface area (Å²) in [5, 5.41) is 16.0. The monoisotopic (exact) mass is 443 g/mol. The molecule has 1 aliphatic heterocycles. The minimum absolute atomic E-state index is 0.0137. The van der Waals surface area contributed by atoms with Crippen molar-refractivity contribution in [3.63, 3.8) is 0 Å². The van der Waals surface area contributed by atoms with Gasteiger partial charge in [-0.15, -0.1) is 0 Å². The van der Waals surface area contributed by atoms with Crippen LogP contribution >= 0.6 is 0 Å². The predicted molar refractivity (Wildman–Crippen MR) is 121 cm³/mol. The van der Waals surface area contributed by atoms with Crippen LogP contribution in [0.25, 0.3) is 11.4 Å². The number of aromatic nitrogens is 2. The zero-order valence-corrected chi connectivity index (χ0v) is 18.2. The molecule has 8 nitrogen and oxygen atoms in total. The zero-order chi connectivity index (χ0) is 23.0. The molecule has 1 aliphatic rings. The molecule has 1 fully saturated rings. The molecular formula is C25H25N5O3. The van der Waals surface area contributed by atoms with E-state index in [-0.39, 0.29) is 24.2 Å². The summed E-state index contributed by atoms with van der Waals surface area (Å²) >= 11 is 0. The van der Waals surface area contributed by atoms with Gasteiger partial charge in [0.1, 0.15) is 0 Å². The number of nitrogens with zero attached hydrogens (tertiary/aromatic N) is 4. The molecule has 1 atom stereocenters. The first-order valence-electron chi connectivity index (χ1n) is 11.1. The van der Waals surface area contributed by atoms with Gasteiger partial charge in [-0.2, -0.15) is 10.2 Å². The van der Waals surface area contributed by atoms with Gasteiger partial charge in [0.25, 0.3) is 5.91 Å². The number of hydrogen-bond acceptors (Lipinski definition) is 6. The first-order chi connectivity index (χ1) is 16.1. The Labute approximate surface area is 192 Å². The Kier molecular flexibility index (Phi) is 7.10. The highest BCUT2D eigenvalue weighted by molar-refractivity contribution is 5.94. The van der Waals surface area contributed by atoms with Crippen molar-refractivity contribution < 1.29 is 14.1 Å². The summed E-state index contributed by atoms with van der Waals surface area (Å²) < 4.78 is 5.57. The molecule has 0 bridgehead atoms. The maximum Gasteiger partial charge on any atom is 0.253 e. The minimum atomic E-state index is -0.146. The second-order valence-corrected chi connectivity index (χ2v) is 8.03. The quantitative estimate of drug-likeness (QED) is 0.663. The van der Waals surface area contributed by atoms with Gasteiger partial charge in [0.2, 0.25) is 17.6 Å². The first kappa shape index (κ1) is 22.2. The topological polar surface area (TPSA) is 112 Å². The maximum absolute atomic E-state index is 13.0. The van der Waals surface area contributed by atoms with Crippen LogP contribution in [0.3, 0.4) is 0 Å². The van der Waals surface area contributed by atoms with E-state index in [4.69, 9.17) is 9.78 Å². The van der Waals surface area contributed by atoms with Crippen molar-refractivity contribution in [1.29, 1.82) is 5.26 Å². The highest BCUT2D eigenvalue weighted by Crippen LogP contribution is 2.26. The molecule has 1 aromatic heterocycles. The van der Waals surface area contributed by atoms with Crippen molar-refractivity contribution in [3.8, 4) is 17.5 Å². The summed E-state index contributed by atoms with van der Waals surface area (Å²) in [6.45, 7) is 1.37. The van der Waals surface area contributed by atoms with Gasteiger partial charge < -0.3 is 14.7 Å². The summed E-state index contributed by atoms with van der Waals surface area (Å²) in [5.74, 6) is 0.838. The van der Waals surface area contributed by atoms with Gasteiger partial charge >= 0.3 is 0 Å². The second-order valence-electron chi connectivity index (χ2n) is 8.03.